The molecule has 1 aromatic carbocycles. The number of hydrogen-bond acceptors (Lipinski definition) is 5. The number of nitrogens with one attached hydrogen (secondary N) is 1. The summed E-state index contributed by atoms with van der Waals surface area (Å²) in [5.41, 5.74) is 5.37. The first-order valence-corrected chi connectivity index (χ1v) is 8.14. The highest BCUT2D eigenvalue weighted by Crippen LogP contribution is 2.26. The average Bonchev–Trinajstić information content (AvgIpc) is 3.19. The predicted octanol–water partition coefficient (Wildman–Crippen LogP) is 4.36. The fraction of sp³-hybridized carbons (Fsp3) is 0.211. The molecule has 0 saturated carbocycles. The topological polar surface area (TPSA) is 68.2 Å². The molecule has 4 rings (SSSR count). The van der Waals surface area contributed by atoms with E-state index in [9.17, 15) is 0 Å². The summed E-state index contributed by atoms with van der Waals surface area (Å²) in [6, 6.07) is 10.0. The summed E-state index contributed by atoms with van der Waals surface area (Å²) < 4.78 is 7.15. The smallest absolute Gasteiger partial charge is 0.255 e. The van der Waals surface area contributed by atoms with Crippen molar-refractivity contribution in [3.05, 3.63) is 59.0 Å². The van der Waals surface area contributed by atoms with Crippen molar-refractivity contribution in [2.75, 3.05) is 5.32 Å². The standard InChI is InChI=1S/C19H19N5O/c1-11-8-12(2)10-15(9-11)21-18-13(3)14(4)20-19-22-17(23-24(18)19)16-6-5-7-25-16/h5-10,21H,1-4H3. The lowest BCUT2D eigenvalue weighted by atomic mass is 10.1. The monoisotopic (exact) mass is 333 g/mol. The van der Waals surface area contributed by atoms with Crippen LogP contribution in [0, 0.1) is 27.7 Å². The number of furan rings is 1. The lowest BCUT2D eigenvalue weighted by Gasteiger charge is -2.13. The van der Waals surface area contributed by atoms with Gasteiger partial charge in [-0.15, -0.1) is 5.10 Å². The number of fused-ring (bicyclic) bond motifs is 1. The van der Waals surface area contributed by atoms with Crippen LogP contribution in [0.25, 0.3) is 17.4 Å². The van der Waals surface area contributed by atoms with Crippen LogP contribution < -0.4 is 5.32 Å². The largest absolute Gasteiger partial charge is 0.461 e. The summed E-state index contributed by atoms with van der Waals surface area (Å²) in [5, 5.41) is 8.07. The van der Waals surface area contributed by atoms with Crippen LogP contribution in [0.1, 0.15) is 22.4 Å². The van der Waals surface area contributed by atoms with E-state index in [0.29, 0.717) is 17.4 Å². The predicted molar refractivity (Wildman–Crippen MR) is 97.2 cm³/mol. The number of nitrogens with zero attached hydrogens (tertiary/aromatic N) is 4. The van der Waals surface area contributed by atoms with Gasteiger partial charge in [0.2, 0.25) is 5.82 Å². The van der Waals surface area contributed by atoms with Crippen molar-refractivity contribution in [3.8, 4) is 11.6 Å². The molecule has 1 N–H and O–H groups in total. The number of aryl methyl sites for hydroxylation is 3. The SMILES string of the molecule is Cc1cc(C)cc(Nc2c(C)c(C)nc3nc(-c4ccco4)nn23)c1. The molecule has 0 bridgehead atoms. The second-order valence-electron chi connectivity index (χ2n) is 6.30. The van der Waals surface area contributed by atoms with Gasteiger partial charge in [-0.2, -0.15) is 9.50 Å². The minimum atomic E-state index is 0.519. The van der Waals surface area contributed by atoms with Crippen LogP contribution in [-0.2, 0) is 0 Å². The minimum absolute atomic E-state index is 0.519. The first-order valence-electron chi connectivity index (χ1n) is 8.14. The Balaban J connectivity index is 1.87. The third kappa shape index (κ3) is 2.76. The zero-order valence-electron chi connectivity index (χ0n) is 14.7. The Bertz CT molecular complexity index is 1040. The third-order valence-electron chi connectivity index (χ3n) is 4.19. The Morgan fingerprint density at radius 2 is 1.76 bits per heavy atom. The van der Waals surface area contributed by atoms with E-state index in [1.165, 1.54) is 11.1 Å². The summed E-state index contributed by atoms with van der Waals surface area (Å²) in [5.74, 6) is 2.54. The molecule has 0 aliphatic carbocycles. The summed E-state index contributed by atoms with van der Waals surface area (Å²) in [4.78, 5) is 9.05. The van der Waals surface area contributed by atoms with Gasteiger partial charge in [0.25, 0.3) is 5.78 Å². The average molecular weight is 333 g/mol. The number of benzene rings is 1. The number of rotatable bonds is 3. The molecule has 0 amide bonds. The van der Waals surface area contributed by atoms with Gasteiger partial charge in [-0.05, 0) is 63.1 Å². The highest BCUT2D eigenvalue weighted by atomic mass is 16.3. The van der Waals surface area contributed by atoms with Crippen LogP contribution in [-0.4, -0.2) is 19.6 Å². The van der Waals surface area contributed by atoms with E-state index in [1.807, 2.05) is 26.0 Å². The molecule has 0 spiro atoms. The third-order valence-corrected chi connectivity index (χ3v) is 4.19. The van der Waals surface area contributed by atoms with Gasteiger partial charge in [-0.25, -0.2) is 4.98 Å². The number of hydrogen-bond donors (Lipinski definition) is 1. The normalized spacial score (nSPS) is 11.2. The molecule has 4 aromatic rings. The molecule has 0 atom stereocenters. The fourth-order valence-electron chi connectivity index (χ4n) is 2.93. The van der Waals surface area contributed by atoms with Crippen molar-refractivity contribution in [2.45, 2.75) is 27.7 Å². The maximum absolute atomic E-state index is 5.41. The Labute approximate surface area is 145 Å². The van der Waals surface area contributed by atoms with Gasteiger partial charge in [0.1, 0.15) is 5.82 Å². The maximum Gasteiger partial charge on any atom is 0.255 e. The van der Waals surface area contributed by atoms with E-state index in [-0.39, 0.29) is 0 Å². The van der Waals surface area contributed by atoms with Crippen molar-refractivity contribution < 1.29 is 4.42 Å². The molecule has 6 nitrogen and oxygen atoms in total. The van der Waals surface area contributed by atoms with Crippen molar-refractivity contribution in [3.63, 3.8) is 0 Å². The lowest BCUT2D eigenvalue weighted by molar-refractivity contribution is 0.577. The second-order valence-corrected chi connectivity index (χ2v) is 6.30. The van der Waals surface area contributed by atoms with Crippen molar-refractivity contribution >= 4 is 17.3 Å². The second kappa shape index (κ2) is 5.73. The van der Waals surface area contributed by atoms with Crippen LogP contribution in [0.4, 0.5) is 11.5 Å². The van der Waals surface area contributed by atoms with Crippen LogP contribution in [0.15, 0.2) is 41.0 Å². The first kappa shape index (κ1) is 15.4. The van der Waals surface area contributed by atoms with E-state index in [2.05, 4.69) is 52.4 Å². The molecule has 0 saturated heterocycles. The van der Waals surface area contributed by atoms with Gasteiger partial charge >= 0.3 is 0 Å². The minimum Gasteiger partial charge on any atom is -0.461 e. The van der Waals surface area contributed by atoms with E-state index < -0.39 is 0 Å². The molecule has 0 aliphatic heterocycles. The van der Waals surface area contributed by atoms with Crippen LogP contribution in [0.2, 0.25) is 0 Å². The van der Waals surface area contributed by atoms with Crippen LogP contribution in [0.5, 0.6) is 0 Å². The Hall–Kier alpha value is -3.15. The molecule has 126 valence electrons. The highest BCUT2D eigenvalue weighted by molar-refractivity contribution is 5.65. The summed E-state index contributed by atoms with van der Waals surface area (Å²) in [6.45, 7) is 8.18. The number of anilines is 2. The molecule has 0 radical (unpaired) electrons. The van der Waals surface area contributed by atoms with E-state index >= 15 is 0 Å². The Morgan fingerprint density at radius 3 is 2.44 bits per heavy atom. The zero-order valence-corrected chi connectivity index (χ0v) is 14.7. The highest BCUT2D eigenvalue weighted by Gasteiger charge is 2.16. The Kier molecular flexibility index (Phi) is 3.53. The molecule has 25 heavy (non-hydrogen) atoms. The molecular formula is C19H19N5O. The fourth-order valence-corrected chi connectivity index (χ4v) is 2.93. The molecule has 0 unspecified atom stereocenters. The van der Waals surface area contributed by atoms with Crippen LogP contribution in [0.3, 0.4) is 0 Å². The van der Waals surface area contributed by atoms with Gasteiger partial charge in [0.15, 0.2) is 5.76 Å². The lowest BCUT2D eigenvalue weighted by Crippen LogP contribution is -2.06. The summed E-state index contributed by atoms with van der Waals surface area (Å²) in [6.07, 6.45) is 1.61. The zero-order chi connectivity index (χ0) is 17.6. The van der Waals surface area contributed by atoms with Gasteiger partial charge in [-0.1, -0.05) is 6.07 Å². The van der Waals surface area contributed by atoms with E-state index in [4.69, 9.17) is 4.42 Å². The van der Waals surface area contributed by atoms with Gasteiger partial charge in [-0.3, -0.25) is 0 Å². The van der Waals surface area contributed by atoms with Gasteiger partial charge in [0, 0.05) is 16.9 Å². The molecule has 6 heteroatoms. The maximum atomic E-state index is 5.41. The summed E-state index contributed by atoms with van der Waals surface area (Å²) >= 11 is 0. The summed E-state index contributed by atoms with van der Waals surface area (Å²) in [7, 11) is 0. The van der Waals surface area contributed by atoms with Gasteiger partial charge < -0.3 is 9.73 Å². The Morgan fingerprint density at radius 1 is 1.00 bits per heavy atom. The van der Waals surface area contributed by atoms with Crippen molar-refractivity contribution in [1.82, 2.24) is 19.6 Å². The molecule has 0 aliphatic rings. The van der Waals surface area contributed by atoms with Gasteiger partial charge in [0.05, 0.1) is 6.26 Å². The first-order chi connectivity index (χ1) is 12.0. The molecule has 3 aromatic heterocycles. The number of aromatic nitrogens is 4. The van der Waals surface area contributed by atoms with Crippen molar-refractivity contribution in [2.24, 2.45) is 0 Å². The van der Waals surface area contributed by atoms with Crippen LogP contribution >= 0.6 is 0 Å². The van der Waals surface area contributed by atoms with E-state index in [0.717, 1.165) is 22.8 Å². The molecule has 0 fully saturated rings. The quantitative estimate of drug-likeness (QED) is 0.603. The van der Waals surface area contributed by atoms with E-state index in [1.54, 1.807) is 10.8 Å². The molecule has 3 heterocycles. The van der Waals surface area contributed by atoms with Crippen molar-refractivity contribution in [1.29, 1.82) is 0 Å². The molecular weight excluding hydrogens is 314 g/mol.